The van der Waals surface area contributed by atoms with E-state index in [2.05, 4.69) is 15.5 Å². The molecule has 1 fully saturated rings. The Morgan fingerprint density at radius 2 is 2.17 bits per heavy atom. The molecular weight excluding hydrogens is 312 g/mol. The van der Waals surface area contributed by atoms with E-state index in [1.54, 1.807) is 13.0 Å². The molecule has 0 bridgehead atoms. The third-order valence-corrected chi connectivity index (χ3v) is 4.36. The minimum Gasteiger partial charge on any atom is -0.426 e. The highest BCUT2D eigenvalue weighted by Crippen LogP contribution is 2.28. The summed E-state index contributed by atoms with van der Waals surface area (Å²) >= 11 is 0. The van der Waals surface area contributed by atoms with Crippen molar-refractivity contribution in [3.63, 3.8) is 0 Å². The summed E-state index contributed by atoms with van der Waals surface area (Å²) in [6, 6.07) is 4.05. The second kappa shape index (κ2) is 7.66. The molecule has 1 aromatic carbocycles. The predicted octanol–water partition coefficient (Wildman–Crippen LogP) is 3.67. The van der Waals surface area contributed by atoms with E-state index in [-0.39, 0.29) is 0 Å². The van der Waals surface area contributed by atoms with Gasteiger partial charge in [0.25, 0.3) is 0 Å². The lowest BCUT2D eigenvalue weighted by Crippen LogP contribution is -2.26. The number of benzene rings is 1. The largest absolute Gasteiger partial charge is 0.426 e. The second-order valence-electron chi connectivity index (χ2n) is 6.27. The first-order valence-corrected chi connectivity index (χ1v) is 8.24. The molecule has 1 aromatic heterocycles. The molecule has 1 saturated carbocycles. The van der Waals surface area contributed by atoms with Crippen LogP contribution in [0, 0.1) is 24.5 Å². The van der Waals surface area contributed by atoms with Gasteiger partial charge in [-0.2, -0.15) is 0 Å². The zero-order valence-corrected chi connectivity index (χ0v) is 13.6. The fraction of sp³-hybridized carbons (Fsp3) is 0.444. The van der Waals surface area contributed by atoms with Crippen LogP contribution < -0.4 is 5.32 Å². The summed E-state index contributed by atoms with van der Waals surface area (Å²) in [7, 11) is 0. The average molecular weight is 333 g/mol. The number of nitrogens with zero attached hydrogens (tertiary/aromatic N) is 2. The Hall–Kier alpha value is -2.08. The Balaban J connectivity index is 1.42. The van der Waals surface area contributed by atoms with Gasteiger partial charge >= 0.3 is 0 Å². The van der Waals surface area contributed by atoms with E-state index < -0.39 is 11.6 Å². The van der Waals surface area contributed by atoms with Gasteiger partial charge in [0.05, 0.1) is 0 Å². The molecule has 0 saturated heterocycles. The molecule has 0 spiro atoms. The van der Waals surface area contributed by atoms with Gasteiger partial charge in [-0.05, 0) is 37.3 Å². The number of halogens is 2. The van der Waals surface area contributed by atoms with Crippen molar-refractivity contribution >= 4 is 6.08 Å². The maximum absolute atomic E-state index is 13.5. The highest BCUT2D eigenvalue weighted by Gasteiger charge is 2.25. The third kappa shape index (κ3) is 4.47. The average Bonchev–Trinajstić information content (AvgIpc) is 3.15. The standard InChI is InChI=1S/C18H21F2N3O/c1-12-22-23-18(24-12)10-13-4-7-16(9-13)21-8-2-3-14-5-6-15(19)11-17(14)20/h2-3,5-6,11,13,16,21H,4,7-10H2,1H3/b3-2+/t13-,16+/m1/s1. The minimum absolute atomic E-state index is 0.397. The molecule has 2 atom stereocenters. The number of hydrogen-bond acceptors (Lipinski definition) is 4. The Labute approximate surface area is 140 Å². The number of rotatable bonds is 6. The molecule has 6 heteroatoms. The molecule has 0 aliphatic heterocycles. The number of aryl methyl sites for hydroxylation is 1. The van der Waals surface area contributed by atoms with Crippen molar-refractivity contribution in [2.75, 3.05) is 6.54 Å². The zero-order chi connectivity index (χ0) is 16.9. The Kier molecular flexibility index (Phi) is 5.35. The van der Waals surface area contributed by atoms with E-state index >= 15 is 0 Å². The lowest BCUT2D eigenvalue weighted by atomic mass is 10.0. The first-order chi connectivity index (χ1) is 11.6. The van der Waals surface area contributed by atoms with Crippen molar-refractivity contribution in [2.24, 2.45) is 5.92 Å². The maximum atomic E-state index is 13.5. The Bertz CT molecular complexity index is 714. The smallest absolute Gasteiger partial charge is 0.216 e. The fourth-order valence-corrected chi connectivity index (χ4v) is 3.17. The number of nitrogens with one attached hydrogen (secondary N) is 1. The van der Waals surface area contributed by atoms with Crippen LogP contribution in [-0.2, 0) is 6.42 Å². The molecule has 128 valence electrons. The lowest BCUT2D eigenvalue weighted by Gasteiger charge is -2.11. The van der Waals surface area contributed by atoms with Crippen molar-refractivity contribution < 1.29 is 13.2 Å². The van der Waals surface area contributed by atoms with Crippen molar-refractivity contribution in [3.05, 3.63) is 53.3 Å². The molecule has 0 radical (unpaired) electrons. The summed E-state index contributed by atoms with van der Waals surface area (Å²) in [5.74, 6) is 0.778. The van der Waals surface area contributed by atoms with Gasteiger partial charge in [-0.1, -0.05) is 12.2 Å². The van der Waals surface area contributed by atoms with E-state index in [0.717, 1.165) is 31.7 Å². The van der Waals surface area contributed by atoms with Gasteiger partial charge < -0.3 is 9.73 Å². The van der Waals surface area contributed by atoms with Crippen LogP contribution in [0.5, 0.6) is 0 Å². The van der Waals surface area contributed by atoms with Crippen LogP contribution >= 0.6 is 0 Å². The topological polar surface area (TPSA) is 51.0 Å². The molecule has 24 heavy (non-hydrogen) atoms. The van der Waals surface area contributed by atoms with Crippen molar-refractivity contribution in [3.8, 4) is 0 Å². The molecule has 0 unspecified atom stereocenters. The fourth-order valence-electron chi connectivity index (χ4n) is 3.17. The van der Waals surface area contributed by atoms with E-state index in [1.807, 2.05) is 6.08 Å². The molecule has 4 nitrogen and oxygen atoms in total. The van der Waals surface area contributed by atoms with Crippen LogP contribution in [0.15, 0.2) is 28.7 Å². The van der Waals surface area contributed by atoms with Crippen LogP contribution in [0.3, 0.4) is 0 Å². The third-order valence-electron chi connectivity index (χ3n) is 4.36. The summed E-state index contributed by atoms with van der Waals surface area (Å²) in [6.07, 6.45) is 7.68. The Morgan fingerprint density at radius 1 is 1.29 bits per heavy atom. The lowest BCUT2D eigenvalue weighted by molar-refractivity contribution is 0.411. The Morgan fingerprint density at radius 3 is 2.92 bits per heavy atom. The van der Waals surface area contributed by atoms with Crippen LogP contribution in [0.25, 0.3) is 6.08 Å². The zero-order valence-electron chi connectivity index (χ0n) is 13.6. The number of aromatic nitrogens is 2. The van der Waals surface area contributed by atoms with E-state index in [9.17, 15) is 8.78 Å². The van der Waals surface area contributed by atoms with E-state index in [1.165, 1.54) is 12.1 Å². The first kappa shape index (κ1) is 16.8. The minimum atomic E-state index is -0.559. The van der Waals surface area contributed by atoms with Gasteiger partial charge in [-0.15, -0.1) is 10.2 Å². The van der Waals surface area contributed by atoms with Gasteiger partial charge in [0, 0.05) is 37.6 Å². The van der Waals surface area contributed by atoms with Gasteiger partial charge in [0.1, 0.15) is 11.6 Å². The molecule has 3 rings (SSSR count). The molecule has 1 aliphatic carbocycles. The summed E-state index contributed by atoms with van der Waals surface area (Å²) in [6.45, 7) is 2.46. The second-order valence-corrected chi connectivity index (χ2v) is 6.27. The van der Waals surface area contributed by atoms with Crippen molar-refractivity contribution in [1.82, 2.24) is 15.5 Å². The van der Waals surface area contributed by atoms with Crippen molar-refractivity contribution in [2.45, 2.75) is 38.6 Å². The summed E-state index contributed by atoms with van der Waals surface area (Å²) in [5, 5.41) is 11.4. The molecule has 0 amide bonds. The monoisotopic (exact) mass is 333 g/mol. The van der Waals surface area contributed by atoms with E-state index in [0.29, 0.717) is 35.8 Å². The van der Waals surface area contributed by atoms with Crippen LogP contribution in [0.2, 0.25) is 0 Å². The van der Waals surface area contributed by atoms with Gasteiger partial charge in [0.15, 0.2) is 0 Å². The highest BCUT2D eigenvalue weighted by atomic mass is 19.1. The summed E-state index contributed by atoms with van der Waals surface area (Å²) in [5.41, 5.74) is 0.397. The normalized spacial score (nSPS) is 21.0. The van der Waals surface area contributed by atoms with Gasteiger partial charge in [-0.25, -0.2) is 8.78 Å². The van der Waals surface area contributed by atoms with Crippen LogP contribution in [0.4, 0.5) is 8.78 Å². The van der Waals surface area contributed by atoms with Crippen LogP contribution in [0.1, 0.15) is 36.6 Å². The van der Waals surface area contributed by atoms with E-state index in [4.69, 9.17) is 4.42 Å². The summed E-state index contributed by atoms with van der Waals surface area (Å²) in [4.78, 5) is 0. The molecule has 1 aliphatic rings. The van der Waals surface area contributed by atoms with Crippen molar-refractivity contribution in [1.29, 1.82) is 0 Å². The SMILES string of the molecule is Cc1nnc(C[C@@H]2CC[C@H](NC/C=C/c3ccc(F)cc3F)C2)o1. The summed E-state index contributed by atoms with van der Waals surface area (Å²) < 4.78 is 31.8. The van der Waals surface area contributed by atoms with Gasteiger partial charge in [-0.3, -0.25) is 0 Å². The van der Waals surface area contributed by atoms with Gasteiger partial charge in [0.2, 0.25) is 11.8 Å². The predicted molar refractivity (Wildman–Crippen MR) is 87.3 cm³/mol. The first-order valence-electron chi connectivity index (χ1n) is 8.24. The number of hydrogen-bond donors (Lipinski definition) is 1. The molecule has 1 heterocycles. The maximum Gasteiger partial charge on any atom is 0.216 e. The quantitative estimate of drug-likeness (QED) is 0.876. The highest BCUT2D eigenvalue weighted by molar-refractivity contribution is 5.49. The molecule has 1 N–H and O–H groups in total. The van der Waals surface area contributed by atoms with Crippen LogP contribution in [-0.4, -0.2) is 22.8 Å². The molecular formula is C18H21F2N3O. The molecule has 2 aromatic rings.